The van der Waals surface area contributed by atoms with Crippen LogP contribution >= 0.6 is 0 Å². The Morgan fingerprint density at radius 3 is 2.53 bits per heavy atom. The fourth-order valence-corrected chi connectivity index (χ4v) is 2.40. The van der Waals surface area contributed by atoms with Crippen molar-refractivity contribution in [2.24, 2.45) is 0 Å². The van der Waals surface area contributed by atoms with Crippen LogP contribution in [0.3, 0.4) is 0 Å². The van der Waals surface area contributed by atoms with Crippen molar-refractivity contribution in [3.63, 3.8) is 0 Å². The van der Waals surface area contributed by atoms with Crippen LogP contribution < -0.4 is 0 Å². The molecule has 0 aromatic carbocycles. The number of aromatic nitrogens is 2. The molecule has 0 saturated carbocycles. The van der Waals surface area contributed by atoms with Crippen molar-refractivity contribution >= 4 is 5.97 Å². The Hall–Kier alpha value is -1.32. The zero-order valence-corrected chi connectivity index (χ0v) is 12.7. The molecule has 1 rings (SSSR count). The minimum Gasteiger partial charge on any atom is -0.466 e. The topological polar surface area (TPSA) is 44.1 Å². The third kappa shape index (κ3) is 4.69. The Labute approximate surface area is 116 Å². The first-order valence-electron chi connectivity index (χ1n) is 7.28. The van der Waals surface area contributed by atoms with Gasteiger partial charge in [0.05, 0.1) is 12.3 Å². The predicted molar refractivity (Wildman–Crippen MR) is 76.2 cm³/mol. The second kappa shape index (κ2) is 7.97. The van der Waals surface area contributed by atoms with Crippen LogP contribution in [-0.4, -0.2) is 22.4 Å². The average Bonchev–Trinajstić information content (AvgIpc) is 2.64. The van der Waals surface area contributed by atoms with E-state index >= 15 is 0 Å². The Morgan fingerprint density at radius 1 is 1.21 bits per heavy atom. The van der Waals surface area contributed by atoms with Crippen LogP contribution in [0.25, 0.3) is 0 Å². The number of esters is 1. The summed E-state index contributed by atoms with van der Waals surface area (Å²) in [5, 5.41) is 4.57. The number of unbranched alkanes of at least 4 members (excludes halogenated alkanes) is 2. The molecular formula is C15H26N2O2. The summed E-state index contributed by atoms with van der Waals surface area (Å²) >= 11 is 0. The number of carbonyl (C=O) groups excluding carboxylic acids is 1. The summed E-state index contributed by atoms with van der Waals surface area (Å²) in [6.45, 7) is 9.63. The van der Waals surface area contributed by atoms with Gasteiger partial charge >= 0.3 is 5.97 Å². The van der Waals surface area contributed by atoms with Crippen LogP contribution in [0.15, 0.2) is 0 Å². The monoisotopic (exact) mass is 266 g/mol. The van der Waals surface area contributed by atoms with Gasteiger partial charge in [-0.3, -0.25) is 9.48 Å². The smallest absolute Gasteiger partial charge is 0.305 e. The number of rotatable bonds is 8. The van der Waals surface area contributed by atoms with Crippen molar-refractivity contribution < 1.29 is 9.53 Å². The number of hydrogen-bond acceptors (Lipinski definition) is 3. The van der Waals surface area contributed by atoms with Gasteiger partial charge in [-0.05, 0) is 45.6 Å². The van der Waals surface area contributed by atoms with Crippen LogP contribution in [0.1, 0.15) is 56.5 Å². The third-order valence-electron chi connectivity index (χ3n) is 3.44. The van der Waals surface area contributed by atoms with E-state index in [4.69, 9.17) is 4.74 Å². The molecule has 0 radical (unpaired) electrons. The Morgan fingerprint density at radius 2 is 1.95 bits per heavy atom. The minimum atomic E-state index is -0.0816. The molecule has 0 bridgehead atoms. The van der Waals surface area contributed by atoms with E-state index in [1.807, 2.05) is 6.92 Å². The normalized spacial score (nSPS) is 10.7. The number of hydrogen-bond donors (Lipinski definition) is 0. The molecule has 0 aliphatic carbocycles. The molecule has 0 aliphatic rings. The van der Waals surface area contributed by atoms with Gasteiger partial charge in [0.15, 0.2) is 0 Å². The minimum absolute atomic E-state index is 0.0816. The quantitative estimate of drug-likeness (QED) is 0.536. The molecular weight excluding hydrogens is 240 g/mol. The zero-order valence-electron chi connectivity index (χ0n) is 12.7. The van der Waals surface area contributed by atoms with Crippen LogP contribution in [0.4, 0.5) is 0 Å². The highest BCUT2D eigenvalue weighted by Gasteiger charge is 2.09. The lowest BCUT2D eigenvalue weighted by atomic mass is 10.1. The number of nitrogens with zero attached hydrogens (tertiary/aromatic N) is 2. The summed E-state index contributed by atoms with van der Waals surface area (Å²) in [6.07, 6.45) is 4.58. The Bertz CT molecular complexity index is 411. The van der Waals surface area contributed by atoms with Crippen LogP contribution in [0.2, 0.25) is 0 Å². The number of carbonyl (C=O) groups is 1. The number of ether oxygens (including phenoxy) is 1. The summed E-state index contributed by atoms with van der Waals surface area (Å²) in [5.41, 5.74) is 3.79. The molecule has 0 saturated heterocycles. The van der Waals surface area contributed by atoms with E-state index < -0.39 is 0 Å². The van der Waals surface area contributed by atoms with E-state index in [0.717, 1.165) is 37.9 Å². The molecule has 4 heteroatoms. The van der Waals surface area contributed by atoms with Gasteiger partial charge < -0.3 is 4.74 Å². The van der Waals surface area contributed by atoms with Gasteiger partial charge in [0, 0.05) is 18.7 Å². The molecule has 0 amide bonds. The summed E-state index contributed by atoms with van der Waals surface area (Å²) in [7, 11) is 0. The SMILES string of the molecule is CCOC(=O)CCCCCn1nc(C)c(CC)c1C. The molecule has 0 unspecified atom stereocenters. The Balaban J connectivity index is 2.28. The summed E-state index contributed by atoms with van der Waals surface area (Å²) in [6, 6.07) is 0. The van der Waals surface area contributed by atoms with Crippen molar-refractivity contribution in [3.05, 3.63) is 17.0 Å². The highest BCUT2D eigenvalue weighted by atomic mass is 16.5. The standard InChI is InChI=1S/C15H26N2O2/c1-5-14-12(3)16-17(13(14)4)11-9-7-8-10-15(18)19-6-2/h5-11H2,1-4H3. The summed E-state index contributed by atoms with van der Waals surface area (Å²) in [5.74, 6) is -0.0816. The van der Waals surface area contributed by atoms with E-state index in [-0.39, 0.29) is 5.97 Å². The zero-order chi connectivity index (χ0) is 14.3. The largest absolute Gasteiger partial charge is 0.466 e. The van der Waals surface area contributed by atoms with Crippen LogP contribution in [0.5, 0.6) is 0 Å². The van der Waals surface area contributed by atoms with Crippen molar-refractivity contribution in [2.45, 2.75) is 66.3 Å². The summed E-state index contributed by atoms with van der Waals surface area (Å²) in [4.78, 5) is 11.2. The van der Waals surface area contributed by atoms with Gasteiger partial charge in [0.2, 0.25) is 0 Å². The van der Waals surface area contributed by atoms with Gasteiger partial charge in [0.1, 0.15) is 0 Å². The molecule has 1 heterocycles. The highest BCUT2D eigenvalue weighted by Crippen LogP contribution is 2.14. The average molecular weight is 266 g/mol. The lowest BCUT2D eigenvalue weighted by Gasteiger charge is -2.05. The molecule has 0 atom stereocenters. The van der Waals surface area contributed by atoms with Gasteiger partial charge in [0.25, 0.3) is 0 Å². The maximum Gasteiger partial charge on any atom is 0.305 e. The van der Waals surface area contributed by atoms with Gasteiger partial charge in [-0.15, -0.1) is 0 Å². The maximum atomic E-state index is 11.2. The van der Waals surface area contributed by atoms with Crippen molar-refractivity contribution in [1.29, 1.82) is 0 Å². The molecule has 4 nitrogen and oxygen atoms in total. The number of aryl methyl sites for hydroxylation is 2. The second-order valence-corrected chi connectivity index (χ2v) is 4.84. The molecule has 0 fully saturated rings. The first-order chi connectivity index (χ1) is 9.10. The van der Waals surface area contributed by atoms with Gasteiger partial charge in [-0.25, -0.2) is 0 Å². The van der Waals surface area contributed by atoms with E-state index in [2.05, 4.69) is 30.6 Å². The molecule has 1 aromatic heterocycles. The molecule has 0 aliphatic heterocycles. The van der Waals surface area contributed by atoms with E-state index in [0.29, 0.717) is 13.0 Å². The van der Waals surface area contributed by atoms with Crippen LogP contribution in [-0.2, 0) is 22.5 Å². The predicted octanol–water partition coefficient (Wildman–Crippen LogP) is 3.19. The fourth-order valence-electron chi connectivity index (χ4n) is 2.40. The lowest BCUT2D eigenvalue weighted by Crippen LogP contribution is -2.05. The van der Waals surface area contributed by atoms with E-state index in [9.17, 15) is 4.79 Å². The highest BCUT2D eigenvalue weighted by molar-refractivity contribution is 5.69. The molecule has 0 N–H and O–H groups in total. The molecule has 19 heavy (non-hydrogen) atoms. The first kappa shape index (κ1) is 15.7. The van der Waals surface area contributed by atoms with Crippen molar-refractivity contribution in [3.8, 4) is 0 Å². The Kier molecular flexibility index (Phi) is 6.60. The lowest BCUT2D eigenvalue weighted by molar-refractivity contribution is -0.143. The van der Waals surface area contributed by atoms with E-state index in [1.165, 1.54) is 11.3 Å². The second-order valence-electron chi connectivity index (χ2n) is 4.84. The molecule has 108 valence electrons. The summed E-state index contributed by atoms with van der Waals surface area (Å²) < 4.78 is 7.00. The van der Waals surface area contributed by atoms with Crippen LogP contribution in [0, 0.1) is 13.8 Å². The molecule has 0 spiro atoms. The molecule has 1 aromatic rings. The maximum absolute atomic E-state index is 11.2. The van der Waals surface area contributed by atoms with Crippen molar-refractivity contribution in [1.82, 2.24) is 9.78 Å². The van der Waals surface area contributed by atoms with Gasteiger partial charge in [-0.1, -0.05) is 13.3 Å². The first-order valence-corrected chi connectivity index (χ1v) is 7.28. The van der Waals surface area contributed by atoms with Crippen molar-refractivity contribution in [2.75, 3.05) is 6.61 Å². The third-order valence-corrected chi connectivity index (χ3v) is 3.44. The van der Waals surface area contributed by atoms with Gasteiger partial charge in [-0.2, -0.15) is 5.10 Å². The van der Waals surface area contributed by atoms with E-state index in [1.54, 1.807) is 0 Å². The fraction of sp³-hybridized carbons (Fsp3) is 0.733.